The third-order valence-electron chi connectivity index (χ3n) is 2.63. The zero-order valence-electron chi connectivity index (χ0n) is 12.0. The number of anilines is 1. The Balaban J connectivity index is 2.63. The molecule has 1 atom stereocenters. The number of nitrogens with one attached hydrogen (secondary N) is 1. The minimum Gasteiger partial charge on any atom is -0.491 e. The fourth-order valence-electron chi connectivity index (χ4n) is 1.65. The lowest BCUT2D eigenvalue weighted by Gasteiger charge is -2.19. The number of benzene rings is 1. The summed E-state index contributed by atoms with van der Waals surface area (Å²) in [5.41, 5.74) is 6.38. The number of ether oxygens (including phenoxy) is 1. The molecule has 1 aromatic carbocycles. The van der Waals surface area contributed by atoms with Crippen LogP contribution in [0, 0.1) is 0 Å². The van der Waals surface area contributed by atoms with Crippen LogP contribution in [-0.4, -0.2) is 38.7 Å². The van der Waals surface area contributed by atoms with Crippen molar-refractivity contribution in [2.24, 2.45) is 5.73 Å². The van der Waals surface area contributed by atoms with Gasteiger partial charge in [-0.2, -0.15) is 0 Å². The highest BCUT2D eigenvalue weighted by molar-refractivity contribution is 5.80. The van der Waals surface area contributed by atoms with E-state index in [0.29, 0.717) is 0 Å². The van der Waals surface area contributed by atoms with Gasteiger partial charge in [-0.15, -0.1) is 0 Å². The van der Waals surface area contributed by atoms with E-state index in [2.05, 4.69) is 5.32 Å². The summed E-state index contributed by atoms with van der Waals surface area (Å²) in [5.74, 6) is 0.320. The number of hydrogen-bond acceptors (Lipinski definition) is 4. The quantitative estimate of drug-likeness (QED) is 0.771. The van der Waals surface area contributed by atoms with Gasteiger partial charge in [0.1, 0.15) is 18.4 Å². The van der Waals surface area contributed by atoms with Crippen LogP contribution < -0.4 is 20.7 Å². The van der Waals surface area contributed by atoms with E-state index in [1.165, 1.54) is 0 Å². The summed E-state index contributed by atoms with van der Waals surface area (Å²) in [4.78, 5) is 13.3. The Kier molecular flexibility index (Phi) is 5.63. The third kappa shape index (κ3) is 5.18. The molecule has 0 fully saturated rings. The summed E-state index contributed by atoms with van der Waals surface area (Å²) in [7, 11) is 3.93. The minimum absolute atomic E-state index is 0.175. The largest absolute Gasteiger partial charge is 0.491 e. The number of amides is 1. The van der Waals surface area contributed by atoms with Crippen molar-refractivity contribution in [3.63, 3.8) is 0 Å². The molecule has 0 radical (unpaired) electrons. The molecule has 0 aliphatic carbocycles. The van der Waals surface area contributed by atoms with E-state index in [1.807, 2.05) is 57.1 Å². The van der Waals surface area contributed by atoms with Crippen molar-refractivity contribution < 1.29 is 9.53 Å². The third-order valence-corrected chi connectivity index (χ3v) is 2.63. The molecule has 0 bridgehead atoms. The van der Waals surface area contributed by atoms with Crippen LogP contribution in [0.1, 0.15) is 13.8 Å². The van der Waals surface area contributed by atoms with E-state index in [4.69, 9.17) is 10.5 Å². The molecular formula is C14H23N3O2. The Hall–Kier alpha value is -1.75. The van der Waals surface area contributed by atoms with E-state index in [-0.39, 0.29) is 12.6 Å². The highest BCUT2D eigenvalue weighted by Crippen LogP contribution is 2.19. The van der Waals surface area contributed by atoms with Gasteiger partial charge in [-0.25, -0.2) is 0 Å². The lowest BCUT2D eigenvalue weighted by Crippen LogP contribution is -2.48. The molecule has 1 unspecified atom stereocenters. The van der Waals surface area contributed by atoms with Gasteiger partial charge in [0.2, 0.25) is 5.91 Å². The van der Waals surface area contributed by atoms with E-state index >= 15 is 0 Å². The summed E-state index contributed by atoms with van der Waals surface area (Å²) in [6, 6.07) is 7.38. The molecule has 3 N–H and O–H groups in total. The van der Waals surface area contributed by atoms with E-state index in [1.54, 1.807) is 0 Å². The van der Waals surface area contributed by atoms with E-state index < -0.39 is 11.9 Å². The predicted molar refractivity (Wildman–Crippen MR) is 77.5 cm³/mol. The molecule has 19 heavy (non-hydrogen) atoms. The van der Waals surface area contributed by atoms with Gasteiger partial charge in [0.25, 0.3) is 0 Å². The molecule has 0 heterocycles. The van der Waals surface area contributed by atoms with Crippen molar-refractivity contribution in [2.75, 3.05) is 25.6 Å². The van der Waals surface area contributed by atoms with Gasteiger partial charge in [-0.1, -0.05) is 19.9 Å². The smallest absolute Gasteiger partial charge is 0.238 e. The normalized spacial score (nSPS) is 12.3. The van der Waals surface area contributed by atoms with Crippen molar-refractivity contribution in [3.05, 3.63) is 24.3 Å². The molecule has 5 heteroatoms. The standard InChI is InChI=1S/C14H23N3O2/c1-10(2)16-13(14(15)18)9-19-12-7-5-6-11(8-12)17(3)4/h5-8,10,13,16H,9H2,1-4H3,(H2,15,18). The van der Waals surface area contributed by atoms with Crippen molar-refractivity contribution in [2.45, 2.75) is 25.9 Å². The van der Waals surface area contributed by atoms with Gasteiger partial charge in [0.05, 0.1) is 0 Å². The lowest BCUT2D eigenvalue weighted by molar-refractivity contribution is -0.120. The second-order valence-corrected chi connectivity index (χ2v) is 4.98. The maximum atomic E-state index is 11.3. The van der Waals surface area contributed by atoms with Gasteiger partial charge in [0.15, 0.2) is 0 Å². The summed E-state index contributed by atoms with van der Waals surface area (Å²) >= 11 is 0. The molecule has 1 rings (SSSR count). The van der Waals surface area contributed by atoms with Gasteiger partial charge in [-0.3, -0.25) is 4.79 Å². The Morgan fingerprint density at radius 3 is 2.63 bits per heavy atom. The highest BCUT2D eigenvalue weighted by atomic mass is 16.5. The first-order valence-corrected chi connectivity index (χ1v) is 6.35. The summed E-state index contributed by atoms with van der Waals surface area (Å²) in [6.45, 7) is 4.15. The molecule has 0 saturated heterocycles. The number of nitrogens with two attached hydrogens (primary N) is 1. The monoisotopic (exact) mass is 265 g/mol. The molecule has 0 aliphatic heterocycles. The fourth-order valence-corrected chi connectivity index (χ4v) is 1.65. The molecule has 5 nitrogen and oxygen atoms in total. The van der Waals surface area contributed by atoms with Gasteiger partial charge in [0, 0.05) is 31.9 Å². The van der Waals surface area contributed by atoms with Crippen LogP contribution in [0.5, 0.6) is 5.75 Å². The molecule has 1 amide bonds. The fraction of sp³-hybridized carbons (Fsp3) is 0.500. The Morgan fingerprint density at radius 1 is 1.42 bits per heavy atom. The first-order chi connectivity index (χ1) is 8.90. The van der Waals surface area contributed by atoms with E-state index in [0.717, 1.165) is 11.4 Å². The average Bonchev–Trinajstić information content (AvgIpc) is 2.34. The lowest BCUT2D eigenvalue weighted by atomic mass is 10.2. The van der Waals surface area contributed by atoms with Crippen LogP contribution in [0.15, 0.2) is 24.3 Å². The molecule has 0 spiro atoms. The first-order valence-electron chi connectivity index (χ1n) is 6.35. The average molecular weight is 265 g/mol. The van der Waals surface area contributed by atoms with Crippen LogP contribution in [-0.2, 0) is 4.79 Å². The number of carbonyl (C=O) groups is 1. The summed E-state index contributed by atoms with van der Waals surface area (Å²) < 4.78 is 5.63. The molecular weight excluding hydrogens is 242 g/mol. The molecule has 1 aromatic rings. The maximum absolute atomic E-state index is 11.3. The van der Waals surface area contributed by atoms with Crippen molar-refractivity contribution in [3.8, 4) is 5.75 Å². The highest BCUT2D eigenvalue weighted by Gasteiger charge is 2.16. The zero-order valence-corrected chi connectivity index (χ0v) is 12.0. The molecule has 0 aromatic heterocycles. The molecule has 106 valence electrons. The maximum Gasteiger partial charge on any atom is 0.238 e. The Morgan fingerprint density at radius 2 is 2.11 bits per heavy atom. The molecule has 0 aliphatic rings. The van der Waals surface area contributed by atoms with E-state index in [9.17, 15) is 4.79 Å². The van der Waals surface area contributed by atoms with Gasteiger partial charge < -0.3 is 20.7 Å². The molecule has 0 saturated carbocycles. The Bertz CT molecular complexity index is 419. The number of hydrogen-bond donors (Lipinski definition) is 2. The first kappa shape index (κ1) is 15.3. The SMILES string of the molecule is CC(C)NC(COc1cccc(N(C)C)c1)C(N)=O. The van der Waals surface area contributed by atoms with Crippen molar-refractivity contribution >= 4 is 11.6 Å². The number of nitrogens with zero attached hydrogens (tertiary/aromatic N) is 1. The number of carbonyl (C=O) groups excluding carboxylic acids is 1. The van der Waals surface area contributed by atoms with Gasteiger partial charge >= 0.3 is 0 Å². The van der Waals surface area contributed by atoms with Crippen LogP contribution in [0.25, 0.3) is 0 Å². The van der Waals surface area contributed by atoms with Gasteiger partial charge in [-0.05, 0) is 12.1 Å². The van der Waals surface area contributed by atoms with Crippen LogP contribution in [0.2, 0.25) is 0 Å². The number of primary amides is 1. The van der Waals surface area contributed by atoms with Crippen LogP contribution in [0.3, 0.4) is 0 Å². The topological polar surface area (TPSA) is 67.6 Å². The minimum atomic E-state index is -0.483. The second kappa shape index (κ2) is 6.99. The van der Waals surface area contributed by atoms with Crippen LogP contribution >= 0.6 is 0 Å². The van der Waals surface area contributed by atoms with Crippen molar-refractivity contribution in [1.82, 2.24) is 5.32 Å². The Labute approximate surface area is 114 Å². The predicted octanol–water partition coefficient (Wildman–Crippen LogP) is 0.983. The second-order valence-electron chi connectivity index (χ2n) is 4.98. The van der Waals surface area contributed by atoms with Crippen molar-refractivity contribution in [1.29, 1.82) is 0 Å². The number of rotatable bonds is 7. The summed E-state index contributed by atoms with van der Waals surface area (Å²) in [6.07, 6.45) is 0. The zero-order chi connectivity index (χ0) is 14.4. The summed E-state index contributed by atoms with van der Waals surface area (Å²) in [5, 5.41) is 3.08. The van der Waals surface area contributed by atoms with Crippen LogP contribution in [0.4, 0.5) is 5.69 Å².